The van der Waals surface area contributed by atoms with Gasteiger partial charge in [0.2, 0.25) is 0 Å². The Bertz CT molecular complexity index is 1480. The molecule has 5 rings (SSSR count). The van der Waals surface area contributed by atoms with Gasteiger partial charge in [0.15, 0.2) is 5.82 Å². The zero-order valence-electron chi connectivity index (χ0n) is 17.0. The van der Waals surface area contributed by atoms with Crippen LogP contribution in [0.5, 0.6) is 6.01 Å². The fourth-order valence-electron chi connectivity index (χ4n) is 3.16. The Hall–Kier alpha value is -4.32. The highest BCUT2D eigenvalue weighted by Crippen LogP contribution is 2.31. The number of aromatic carboxylic acids is 1. The number of H-pyrrole nitrogens is 1. The average molecular weight is 463 g/mol. The summed E-state index contributed by atoms with van der Waals surface area (Å²) in [5, 5.41) is 19.8. The van der Waals surface area contributed by atoms with Gasteiger partial charge in [-0.15, -0.1) is 11.3 Å². The van der Waals surface area contributed by atoms with Crippen molar-refractivity contribution in [2.75, 3.05) is 0 Å². The number of pyridine rings is 1. The number of rotatable bonds is 6. The van der Waals surface area contributed by atoms with E-state index in [1.165, 1.54) is 29.8 Å². The normalized spacial score (nSPS) is 11.1. The Morgan fingerprint density at radius 1 is 1.15 bits per heavy atom. The number of halogens is 1. The smallest absolute Gasteiger partial charge is 0.338 e. The van der Waals surface area contributed by atoms with Crippen molar-refractivity contribution in [1.82, 2.24) is 35.3 Å². The number of hydrogen-bond donors (Lipinski definition) is 2. The van der Waals surface area contributed by atoms with Crippen LogP contribution in [0.1, 0.15) is 21.1 Å². The number of fused-ring (bicyclic) bond motifs is 1. The van der Waals surface area contributed by atoms with Crippen molar-refractivity contribution in [3.63, 3.8) is 0 Å². The molecule has 5 aromatic rings. The van der Waals surface area contributed by atoms with Gasteiger partial charge in [-0.2, -0.15) is 15.4 Å². The second-order valence-electron chi connectivity index (χ2n) is 6.93. The molecular weight excluding hydrogens is 449 g/mol. The van der Waals surface area contributed by atoms with Gasteiger partial charge in [-0.1, -0.05) is 6.07 Å². The van der Waals surface area contributed by atoms with Crippen LogP contribution in [-0.2, 0) is 6.61 Å². The molecule has 0 aliphatic carbocycles. The minimum atomic E-state index is -1.11. The van der Waals surface area contributed by atoms with Gasteiger partial charge in [-0.3, -0.25) is 0 Å². The van der Waals surface area contributed by atoms with Crippen LogP contribution in [0, 0.1) is 12.7 Å². The van der Waals surface area contributed by atoms with E-state index in [1.807, 2.05) is 19.1 Å². The lowest BCUT2D eigenvalue weighted by Gasteiger charge is -2.04. The lowest BCUT2D eigenvalue weighted by Crippen LogP contribution is -2.02. The highest BCUT2D eigenvalue weighted by molar-refractivity contribution is 7.15. The molecule has 0 aliphatic rings. The molecule has 0 radical (unpaired) electrons. The van der Waals surface area contributed by atoms with Gasteiger partial charge in [0.05, 0.1) is 27.5 Å². The monoisotopic (exact) mass is 463 g/mol. The average Bonchev–Trinajstić information content (AvgIpc) is 3.45. The van der Waals surface area contributed by atoms with Gasteiger partial charge >= 0.3 is 12.0 Å². The standard InChI is InChI=1S/C21H14FN7O3S/c1-10-19(33-17(25-10)9-32-21-23-7-12(8-24-21)20(30)31)15-4-2-3-14(26-15)11-5-13(22)18-16(6-11)27-29-28-18/h2-8H,9H2,1H3,(H,30,31)(H,27,28,29). The number of nitrogens with one attached hydrogen (secondary N) is 1. The maximum Gasteiger partial charge on any atom is 0.338 e. The van der Waals surface area contributed by atoms with Crippen molar-refractivity contribution < 1.29 is 19.0 Å². The molecule has 0 spiro atoms. The second kappa shape index (κ2) is 8.31. The largest absolute Gasteiger partial charge is 0.478 e. The maximum atomic E-state index is 14.3. The summed E-state index contributed by atoms with van der Waals surface area (Å²) in [5.41, 5.74) is 3.21. The summed E-state index contributed by atoms with van der Waals surface area (Å²) in [7, 11) is 0. The molecule has 0 unspecified atom stereocenters. The van der Waals surface area contributed by atoms with Crippen molar-refractivity contribution in [2.24, 2.45) is 0 Å². The van der Waals surface area contributed by atoms with Crippen LogP contribution in [0.3, 0.4) is 0 Å². The summed E-state index contributed by atoms with van der Waals surface area (Å²) in [6.45, 7) is 1.98. The number of carbonyl (C=O) groups is 1. The number of thiazole rings is 1. The molecule has 0 saturated carbocycles. The van der Waals surface area contributed by atoms with Crippen LogP contribution in [-0.4, -0.2) is 46.4 Å². The molecule has 0 atom stereocenters. The molecule has 0 saturated heterocycles. The number of benzene rings is 1. The number of carboxylic acid groups (broad SMARTS) is 1. The molecule has 0 bridgehead atoms. The van der Waals surface area contributed by atoms with Crippen LogP contribution in [0.25, 0.3) is 32.9 Å². The van der Waals surface area contributed by atoms with Crippen LogP contribution in [0.15, 0.2) is 42.7 Å². The lowest BCUT2D eigenvalue weighted by atomic mass is 10.1. The Balaban J connectivity index is 1.38. The predicted octanol–water partition coefficient (Wildman–Crippen LogP) is 3.66. The van der Waals surface area contributed by atoms with Gasteiger partial charge in [0.1, 0.15) is 22.6 Å². The highest BCUT2D eigenvalue weighted by Gasteiger charge is 2.15. The van der Waals surface area contributed by atoms with E-state index in [0.29, 0.717) is 27.5 Å². The summed E-state index contributed by atoms with van der Waals surface area (Å²) >= 11 is 1.40. The Kier molecular flexibility index (Phi) is 5.18. The van der Waals surface area contributed by atoms with E-state index in [1.54, 1.807) is 12.1 Å². The van der Waals surface area contributed by atoms with Crippen LogP contribution in [0.4, 0.5) is 4.39 Å². The number of aromatic nitrogens is 7. The minimum absolute atomic E-state index is 0.0248. The Labute approximate surface area is 189 Å². The van der Waals surface area contributed by atoms with Crippen LogP contribution >= 0.6 is 11.3 Å². The summed E-state index contributed by atoms with van der Waals surface area (Å²) in [6.07, 6.45) is 2.36. The first-order chi connectivity index (χ1) is 16.0. The molecule has 4 aromatic heterocycles. The van der Waals surface area contributed by atoms with E-state index in [4.69, 9.17) is 9.84 Å². The van der Waals surface area contributed by atoms with Gasteiger partial charge in [0, 0.05) is 18.0 Å². The van der Waals surface area contributed by atoms with E-state index < -0.39 is 11.8 Å². The number of ether oxygens (including phenoxy) is 1. The molecule has 0 aliphatic heterocycles. The fourth-order valence-corrected chi connectivity index (χ4v) is 4.11. The van der Waals surface area contributed by atoms with Crippen molar-refractivity contribution in [3.8, 4) is 27.8 Å². The molecule has 0 fully saturated rings. The van der Waals surface area contributed by atoms with E-state index >= 15 is 0 Å². The van der Waals surface area contributed by atoms with E-state index in [2.05, 4.69) is 35.3 Å². The Morgan fingerprint density at radius 3 is 2.73 bits per heavy atom. The van der Waals surface area contributed by atoms with Gasteiger partial charge < -0.3 is 9.84 Å². The molecule has 33 heavy (non-hydrogen) atoms. The van der Waals surface area contributed by atoms with Crippen molar-refractivity contribution in [1.29, 1.82) is 0 Å². The predicted molar refractivity (Wildman–Crippen MR) is 116 cm³/mol. The van der Waals surface area contributed by atoms with Crippen molar-refractivity contribution >= 4 is 28.3 Å². The third-order valence-electron chi connectivity index (χ3n) is 4.69. The number of hydrogen-bond acceptors (Lipinski definition) is 9. The molecule has 4 heterocycles. The zero-order valence-corrected chi connectivity index (χ0v) is 17.8. The van der Waals surface area contributed by atoms with Crippen LogP contribution in [0.2, 0.25) is 0 Å². The van der Waals surface area contributed by atoms with Gasteiger partial charge in [-0.25, -0.2) is 29.1 Å². The molecular formula is C21H14FN7O3S. The number of nitrogens with zero attached hydrogens (tertiary/aromatic N) is 6. The molecule has 10 nitrogen and oxygen atoms in total. The number of aromatic amines is 1. The first-order valence-corrected chi connectivity index (χ1v) is 10.4. The highest BCUT2D eigenvalue weighted by atomic mass is 32.1. The third-order valence-corrected chi connectivity index (χ3v) is 5.85. The van der Waals surface area contributed by atoms with E-state index in [9.17, 15) is 9.18 Å². The summed E-state index contributed by atoms with van der Waals surface area (Å²) in [4.78, 5) is 28.7. The lowest BCUT2D eigenvalue weighted by molar-refractivity contribution is 0.0695. The topological polar surface area (TPSA) is 140 Å². The summed E-state index contributed by atoms with van der Waals surface area (Å²) in [6, 6.07) is 8.65. The summed E-state index contributed by atoms with van der Waals surface area (Å²) < 4.78 is 19.9. The molecule has 2 N–H and O–H groups in total. The van der Waals surface area contributed by atoms with E-state index in [-0.39, 0.29) is 23.7 Å². The SMILES string of the molecule is Cc1nc(COc2ncc(C(=O)O)cn2)sc1-c1cccc(-c2cc(F)c3n[nH]nc3c2)n1. The first kappa shape index (κ1) is 20.6. The molecule has 164 valence electrons. The second-order valence-corrected chi connectivity index (χ2v) is 8.01. The Morgan fingerprint density at radius 2 is 1.94 bits per heavy atom. The maximum absolute atomic E-state index is 14.3. The first-order valence-electron chi connectivity index (χ1n) is 9.60. The van der Waals surface area contributed by atoms with E-state index in [0.717, 1.165) is 10.6 Å². The number of aryl methyl sites for hydroxylation is 1. The van der Waals surface area contributed by atoms with Gasteiger partial charge in [-0.05, 0) is 31.2 Å². The number of carboxylic acids is 1. The molecule has 1 aromatic carbocycles. The van der Waals surface area contributed by atoms with Gasteiger partial charge in [0.25, 0.3) is 0 Å². The molecule has 0 amide bonds. The van der Waals surface area contributed by atoms with Crippen molar-refractivity contribution in [3.05, 3.63) is 64.8 Å². The third kappa shape index (κ3) is 4.11. The quantitative estimate of drug-likeness (QED) is 0.386. The fraction of sp³-hybridized carbons (Fsp3) is 0.0952. The summed E-state index contributed by atoms with van der Waals surface area (Å²) in [5.74, 6) is -1.59. The minimum Gasteiger partial charge on any atom is -0.478 e. The van der Waals surface area contributed by atoms with Crippen molar-refractivity contribution in [2.45, 2.75) is 13.5 Å². The van der Waals surface area contributed by atoms with Crippen LogP contribution < -0.4 is 4.74 Å². The zero-order chi connectivity index (χ0) is 22.9. The molecule has 12 heteroatoms.